The van der Waals surface area contributed by atoms with Crippen LogP contribution in [0.3, 0.4) is 0 Å². The zero-order chi connectivity index (χ0) is 8.53. The molecule has 0 aromatic heterocycles. The SMILES string of the molecule is COCCCCCCC(N)=O. The maximum Gasteiger partial charge on any atom is 0.217 e. The van der Waals surface area contributed by atoms with Crippen LogP contribution in [-0.4, -0.2) is 19.6 Å². The van der Waals surface area contributed by atoms with E-state index in [1.165, 1.54) is 0 Å². The summed E-state index contributed by atoms with van der Waals surface area (Å²) in [6, 6.07) is 0. The van der Waals surface area contributed by atoms with Crippen LogP contribution in [0.5, 0.6) is 0 Å². The minimum atomic E-state index is -0.197. The van der Waals surface area contributed by atoms with E-state index in [0.29, 0.717) is 6.42 Å². The van der Waals surface area contributed by atoms with Crippen LogP contribution >= 0.6 is 0 Å². The summed E-state index contributed by atoms with van der Waals surface area (Å²) in [4.78, 5) is 10.3. The van der Waals surface area contributed by atoms with Gasteiger partial charge >= 0.3 is 0 Å². The van der Waals surface area contributed by atoms with Crippen LogP contribution in [0, 0.1) is 0 Å². The fourth-order valence-electron chi connectivity index (χ4n) is 0.899. The van der Waals surface area contributed by atoms with Gasteiger partial charge in [-0.3, -0.25) is 4.79 Å². The number of amides is 1. The second kappa shape index (κ2) is 7.54. The van der Waals surface area contributed by atoms with Gasteiger partial charge in [-0.25, -0.2) is 0 Å². The molecule has 0 atom stereocenters. The molecule has 0 fully saturated rings. The maximum atomic E-state index is 10.3. The summed E-state index contributed by atoms with van der Waals surface area (Å²) < 4.78 is 4.88. The molecule has 0 radical (unpaired) electrons. The molecular formula is C8H17NO2. The molecule has 1 amide bonds. The minimum absolute atomic E-state index is 0.197. The third-order valence-corrected chi connectivity index (χ3v) is 1.52. The molecule has 0 rings (SSSR count). The van der Waals surface area contributed by atoms with Gasteiger partial charge in [-0.1, -0.05) is 12.8 Å². The van der Waals surface area contributed by atoms with E-state index in [1.807, 2.05) is 0 Å². The van der Waals surface area contributed by atoms with Crippen molar-refractivity contribution in [1.82, 2.24) is 0 Å². The lowest BCUT2D eigenvalue weighted by atomic mass is 10.1. The molecular weight excluding hydrogens is 142 g/mol. The Morgan fingerprint density at radius 3 is 2.45 bits per heavy atom. The number of rotatable bonds is 7. The third kappa shape index (κ3) is 9.43. The number of carbonyl (C=O) groups is 1. The molecule has 0 bridgehead atoms. The zero-order valence-electron chi connectivity index (χ0n) is 7.14. The van der Waals surface area contributed by atoms with Crippen LogP contribution in [0.15, 0.2) is 0 Å². The number of hydrogen-bond donors (Lipinski definition) is 1. The lowest BCUT2D eigenvalue weighted by molar-refractivity contribution is -0.118. The van der Waals surface area contributed by atoms with Crippen molar-refractivity contribution in [2.45, 2.75) is 32.1 Å². The van der Waals surface area contributed by atoms with Crippen LogP contribution in [0.2, 0.25) is 0 Å². The van der Waals surface area contributed by atoms with Gasteiger partial charge in [0.25, 0.3) is 0 Å². The fraction of sp³-hybridized carbons (Fsp3) is 0.875. The Morgan fingerprint density at radius 1 is 1.27 bits per heavy atom. The van der Waals surface area contributed by atoms with Crippen LogP contribution in [0.25, 0.3) is 0 Å². The average molecular weight is 159 g/mol. The first-order valence-corrected chi connectivity index (χ1v) is 4.04. The molecule has 3 nitrogen and oxygen atoms in total. The Bertz CT molecular complexity index is 104. The molecule has 2 N–H and O–H groups in total. The first kappa shape index (κ1) is 10.4. The lowest BCUT2D eigenvalue weighted by Crippen LogP contribution is -2.09. The van der Waals surface area contributed by atoms with Crippen LogP contribution in [0.1, 0.15) is 32.1 Å². The molecule has 0 aromatic rings. The van der Waals surface area contributed by atoms with Crippen LogP contribution in [0.4, 0.5) is 0 Å². The van der Waals surface area contributed by atoms with Crippen LogP contribution < -0.4 is 5.73 Å². The maximum absolute atomic E-state index is 10.3. The third-order valence-electron chi connectivity index (χ3n) is 1.52. The van der Waals surface area contributed by atoms with E-state index < -0.39 is 0 Å². The minimum Gasteiger partial charge on any atom is -0.385 e. The summed E-state index contributed by atoms with van der Waals surface area (Å²) in [6.45, 7) is 0.816. The Hall–Kier alpha value is -0.570. The molecule has 0 unspecified atom stereocenters. The highest BCUT2D eigenvalue weighted by atomic mass is 16.5. The smallest absolute Gasteiger partial charge is 0.217 e. The number of hydrogen-bond acceptors (Lipinski definition) is 2. The van der Waals surface area contributed by atoms with E-state index in [4.69, 9.17) is 10.5 Å². The van der Waals surface area contributed by atoms with Crippen molar-refractivity contribution >= 4 is 5.91 Å². The standard InChI is InChI=1S/C8H17NO2/c1-11-7-5-3-2-4-6-8(9)10/h2-7H2,1H3,(H2,9,10). The highest BCUT2D eigenvalue weighted by Gasteiger charge is 1.93. The summed E-state index contributed by atoms with van der Waals surface area (Å²) in [5.41, 5.74) is 4.97. The summed E-state index contributed by atoms with van der Waals surface area (Å²) >= 11 is 0. The van der Waals surface area contributed by atoms with Gasteiger partial charge in [-0.05, 0) is 12.8 Å². The first-order chi connectivity index (χ1) is 5.27. The largest absolute Gasteiger partial charge is 0.385 e. The molecule has 11 heavy (non-hydrogen) atoms. The molecule has 0 aromatic carbocycles. The predicted octanol–water partition coefficient (Wildman–Crippen LogP) is 1.07. The molecule has 0 aliphatic rings. The molecule has 0 spiro atoms. The highest BCUT2D eigenvalue weighted by molar-refractivity contribution is 5.73. The van der Waals surface area contributed by atoms with Gasteiger partial charge in [0, 0.05) is 20.1 Å². The number of nitrogens with two attached hydrogens (primary N) is 1. The summed E-state index contributed by atoms with van der Waals surface area (Å²) in [5.74, 6) is -0.197. The predicted molar refractivity (Wildman–Crippen MR) is 44.2 cm³/mol. The number of primary amides is 1. The van der Waals surface area contributed by atoms with Crippen molar-refractivity contribution in [3.8, 4) is 0 Å². The highest BCUT2D eigenvalue weighted by Crippen LogP contribution is 2.01. The Labute approximate surface area is 67.9 Å². The van der Waals surface area contributed by atoms with Crippen LogP contribution in [-0.2, 0) is 9.53 Å². The van der Waals surface area contributed by atoms with Gasteiger partial charge < -0.3 is 10.5 Å². The molecule has 0 aliphatic carbocycles. The van der Waals surface area contributed by atoms with E-state index >= 15 is 0 Å². The van der Waals surface area contributed by atoms with Gasteiger partial charge in [-0.2, -0.15) is 0 Å². The molecule has 3 heteroatoms. The summed E-state index contributed by atoms with van der Waals surface area (Å²) in [7, 11) is 1.70. The zero-order valence-corrected chi connectivity index (χ0v) is 7.14. The average Bonchev–Trinajstić information content (AvgIpc) is 1.96. The van der Waals surface area contributed by atoms with Crippen molar-refractivity contribution in [3.05, 3.63) is 0 Å². The number of ether oxygens (including phenoxy) is 1. The number of methoxy groups -OCH3 is 1. The van der Waals surface area contributed by atoms with Gasteiger partial charge in [-0.15, -0.1) is 0 Å². The molecule has 66 valence electrons. The van der Waals surface area contributed by atoms with E-state index in [1.54, 1.807) is 7.11 Å². The Morgan fingerprint density at radius 2 is 1.91 bits per heavy atom. The summed E-state index contributed by atoms with van der Waals surface area (Å²) in [6.07, 6.45) is 4.72. The van der Waals surface area contributed by atoms with Crippen molar-refractivity contribution in [3.63, 3.8) is 0 Å². The monoisotopic (exact) mass is 159 g/mol. The van der Waals surface area contributed by atoms with Gasteiger partial charge in [0.2, 0.25) is 5.91 Å². The van der Waals surface area contributed by atoms with E-state index in [9.17, 15) is 4.79 Å². The molecule has 0 aliphatic heterocycles. The van der Waals surface area contributed by atoms with Gasteiger partial charge in [0.05, 0.1) is 0 Å². The second-order valence-electron chi connectivity index (χ2n) is 2.62. The second-order valence-corrected chi connectivity index (χ2v) is 2.62. The quantitative estimate of drug-likeness (QED) is 0.565. The lowest BCUT2D eigenvalue weighted by Gasteiger charge is -1.98. The summed E-state index contributed by atoms with van der Waals surface area (Å²) in [5, 5.41) is 0. The topological polar surface area (TPSA) is 52.3 Å². The van der Waals surface area contributed by atoms with Gasteiger partial charge in [0.15, 0.2) is 0 Å². The fourth-order valence-corrected chi connectivity index (χ4v) is 0.899. The molecule has 0 heterocycles. The van der Waals surface area contributed by atoms with Gasteiger partial charge in [0.1, 0.15) is 0 Å². The van der Waals surface area contributed by atoms with Crippen molar-refractivity contribution in [2.24, 2.45) is 5.73 Å². The van der Waals surface area contributed by atoms with Crippen molar-refractivity contribution in [1.29, 1.82) is 0 Å². The normalized spacial score (nSPS) is 9.91. The van der Waals surface area contributed by atoms with E-state index in [2.05, 4.69) is 0 Å². The Kier molecular flexibility index (Phi) is 7.15. The number of unbranched alkanes of at least 4 members (excludes halogenated alkanes) is 3. The van der Waals surface area contributed by atoms with Crippen molar-refractivity contribution in [2.75, 3.05) is 13.7 Å². The Balaban J connectivity index is 2.85. The van der Waals surface area contributed by atoms with E-state index in [0.717, 1.165) is 32.3 Å². The number of carbonyl (C=O) groups excluding carboxylic acids is 1. The molecule has 0 saturated heterocycles. The molecule has 0 saturated carbocycles. The van der Waals surface area contributed by atoms with Crippen molar-refractivity contribution < 1.29 is 9.53 Å². The first-order valence-electron chi connectivity index (χ1n) is 4.04. The van der Waals surface area contributed by atoms with E-state index in [-0.39, 0.29) is 5.91 Å².